The quantitative estimate of drug-likeness (QED) is 0.531. The molecule has 0 fully saturated rings. The smallest absolute Gasteiger partial charge is 0.245 e. The van der Waals surface area contributed by atoms with Crippen LogP contribution in [0.3, 0.4) is 0 Å². The van der Waals surface area contributed by atoms with E-state index in [1.54, 1.807) is 49.6 Å². The molecule has 0 saturated carbocycles. The molecule has 0 aromatic heterocycles. The predicted octanol–water partition coefficient (Wildman–Crippen LogP) is 3.20. The number of benzene rings is 2. The Morgan fingerprint density at radius 3 is 2.67 bits per heavy atom. The van der Waals surface area contributed by atoms with Crippen LogP contribution in [0.25, 0.3) is 10.4 Å². The molecule has 3 rings (SSSR count). The van der Waals surface area contributed by atoms with Gasteiger partial charge >= 0.3 is 0 Å². The minimum Gasteiger partial charge on any atom is -0.497 e. The molecule has 1 aliphatic heterocycles. The van der Waals surface area contributed by atoms with Crippen LogP contribution in [0.2, 0.25) is 0 Å². The maximum absolute atomic E-state index is 12.5. The van der Waals surface area contributed by atoms with Crippen molar-refractivity contribution >= 4 is 11.6 Å². The van der Waals surface area contributed by atoms with Gasteiger partial charge in [-0.1, -0.05) is 35.4 Å². The molecule has 1 amide bonds. The molecule has 0 aliphatic carbocycles. The van der Waals surface area contributed by atoms with Crippen molar-refractivity contribution in [2.75, 3.05) is 12.4 Å². The molecule has 2 aromatic rings. The lowest BCUT2D eigenvalue weighted by Crippen LogP contribution is -2.33. The lowest BCUT2D eigenvalue weighted by atomic mass is 9.84. The molecule has 1 heterocycles. The molecule has 1 aliphatic rings. The van der Waals surface area contributed by atoms with Gasteiger partial charge in [0.2, 0.25) is 5.91 Å². The second kappa shape index (κ2) is 4.85. The minimum atomic E-state index is -1.40. The molecule has 2 aromatic carbocycles. The number of nitrogens with one attached hydrogen (secondary N) is 1. The van der Waals surface area contributed by atoms with E-state index in [4.69, 9.17) is 10.3 Å². The van der Waals surface area contributed by atoms with Gasteiger partial charge in [-0.15, -0.1) is 0 Å². The summed E-state index contributed by atoms with van der Waals surface area (Å²) in [7, 11) is 1.55. The Morgan fingerprint density at radius 2 is 2.00 bits per heavy atom. The summed E-state index contributed by atoms with van der Waals surface area (Å²) in [4.78, 5) is 15.4. The zero-order chi connectivity index (χ0) is 14.9. The van der Waals surface area contributed by atoms with Crippen LogP contribution in [0.15, 0.2) is 53.6 Å². The molecule has 0 radical (unpaired) electrons. The fourth-order valence-electron chi connectivity index (χ4n) is 2.58. The Labute approximate surface area is 121 Å². The van der Waals surface area contributed by atoms with E-state index in [0.717, 1.165) is 0 Å². The van der Waals surface area contributed by atoms with Crippen molar-refractivity contribution in [3.8, 4) is 5.75 Å². The van der Waals surface area contributed by atoms with Crippen molar-refractivity contribution in [2.24, 2.45) is 5.11 Å². The highest BCUT2D eigenvalue weighted by Crippen LogP contribution is 2.45. The third-order valence-corrected chi connectivity index (χ3v) is 3.58. The van der Waals surface area contributed by atoms with Crippen LogP contribution >= 0.6 is 0 Å². The molecular formula is C15H12N4O2. The van der Waals surface area contributed by atoms with E-state index in [0.29, 0.717) is 22.6 Å². The Bertz CT molecular complexity index is 754. The number of hydrogen-bond acceptors (Lipinski definition) is 3. The number of nitrogens with zero attached hydrogens (tertiary/aromatic N) is 3. The van der Waals surface area contributed by atoms with E-state index in [-0.39, 0.29) is 5.91 Å². The van der Waals surface area contributed by atoms with Gasteiger partial charge in [0.25, 0.3) is 0 Å². The van der Waals surface area contributed by atoms with Crippen LogP contribution in [0.5, 0.6) is 5.75 Å². The first-order valence-corrected chi connectivity index (χ1v) is 6.34. The topological polar surface area (TPSA) is 87.1 Å². The Balaban J connectivity index is 2.32. The second-order valence-corrected chi connectivity index (χ2v) is 4.63. The summed E-state index contributed by atoms with van der Waals surface area (Å²) in [5, 5.41) is 6.60. The van der Waals surface area contributed by atoms with E-state index in [9.17, 15) is 4.79 Å². The van der Waals surface area contributed by atoms with Crippen molar-refractivity contribution in [2.45, 2.75) is 5.54 Å². The first kappa shape index (κ1) is 13.0. The lowest BCUT2D eigenvalue weighted by molar-refractivity contribution is -0.119. The van der Waals surface area contributed by atoms with Gasteiger partial charge in [-0.05, 0) is 29.3 Å². The molecule has 1 atom stereocenters. The summed E-state index contributed by atoms with van der Waals surface area (Å²) in [6.07, 6.45) is 0. The molecule has 104 valence electrons. The summed E-state index contributed by atoms with van der Waals surface area (Å²) in [6.45, 7) is 0. The number of rotatable bonds is 3. The highest BCUT2D eigenvalue weighted by atomic mass is 16.5. The number of methoxy groups -OCH3 is 1. The molecule has 1 unspecified atom stereocenters. The molecule has 6 nitrogen and oxygen atoms in total. The van der Waals surface area contributed by atoms with Gasteiger partial charge in [-0.2, -0.15) is 0 Å². The first-order chi connectivity index (χ1) is 10.2. The molecule has 6 heteroatoms. The van der Waals surface area contributed by atoms with Crippen LogP contribution < -0.4 is 10.1 Å². The standard InChI is InChI=1S/C15H12N4O2/c1-21-11-7-8-13-12(9-11)15(18-19-16,14(20)17-13)10-5-3-2-4-6-10/h2-9H,1H3,(H,17,20). The number of fused-ring (bicyclic) bond motifs is 1. The Kier molecular flexibility index (Phi) is 3.01. The van der Waals surface area contributed by atoms with Crippen molar-refractivity contribution in [1.82, 2.24) is 0 Å². The van der Waals surface area contributed by atoms with Crippen LogP contribution in [0.1, 0.15) is 11.1 Å². The number of carbonyl (C=O) groups excluding carboxylic acids is 1. The highest BCUT2D eigenvalue weighted by molar-refractivity contribution is 6.08. The molecule has 0 saturated heterocycles. The lowest BCUT2D eigenvalue weighted by Gasteiger charge is -2.22. The van der Waals surface area contributed by atoms with Crippen molar-refractivity contribution in [3.63, 3.8) is 0 Å². The minimum absolute atomic E-state index is 0.366. The maximum Gasteiger partial charge on any atom is 0.245 e. The monoisotopic (exact) mass is 280 g/mol. The van der Waals surface area contributed by atoms with E-state index in [1.807, 2.05) is 6.07 Å². The van der Waals surface area contributed by atoms with Gasteiger partial charge in [0, 0.05) is 16.2 Å². The number of carbonyl (C=O) groups is 1. The largest absolute Gasteiger partial charge is 0.497 e. The molecule has 0 bridgehead atoms. The molecular weight excluding hydrogens is 268 g/mol. The van der Waals surface area contributed by atoms with Gasteiger partial charge in [0.15, 0.2) is 5.54 Å². The maximum atomic E-state index is 12.5. The Hall–Kier alpha value is -2.98. The number of azide groups is 1. The summed E-state index contributed by atoms with van der Waals surface area (Å²) in [5.74, 6) is 0.230. The number of hydrogen-bond donors (Lipinski definition) is 1. The van der Waals surface area contributed by atoms with Crippen molar-refractivity contribution in [3.05, 3.63) is 70.1 Å². The van der Waals surface area contributed by atoms with Crippen LogP contribution in [-0.2, 0) is 10.3 Å². The Morgan fingerprint density at radius 1 is 1.24 bits per heavy atom. The number of ether oxygens (including phenoxy) is 1. The van der Waals surface area contributed by atoms with E-state index in [2.05, 4.69) is 15.3 Å². The van der Waals surface area contributed by atoms with Crippen LogP contribution in [-0.4, -0.2) is 13.0 Å². The fraction of sp³-hybridized carbons (Fsp3) is 0.133. The van der Waals surface area contributed by atoms with Crippen molar-refractivity contribution < 1.29 is 9.53 Å². The molecule has 21 heavy (non-hydrogen) atoms. The van der Waals surface area contributed by atoms with Gasteiger partial charge < -0.3 is 10.1 Å². The molecule has 1 N–H and O–H groups in total. The summed E-state index contributed by atoms with van der Waals surface area (Å²) >= 11 is 0. The second-order valence-electron chi connectivity index (χ2n) is 4.63. The van der Waals surface area contributed by atoms with Crippen molar-refractivity contribution in [1.29, 1.82) is 0 Å². The third-order valence-electron chi connectivity index (χ3n) is 3.58. The normalized spacial score (nSPS) is 19.4. The number of amides is 1. The first-order valence-electron chi connectivity index (χ1n) is 6.34. The van der Waals surface area contributed by atoms with Gasteiger partial charge in [-0.3, -0.25) is 4.79 Å². The zero-order valence-corrected chi connectivity index (χ0v) is 11.3. The average Bonchev–Trinajstić information content (AvgIpc) is 2.81. The van der Waals surface area contributed by atoms with Crippen LogP contribution in [0, 0.1) is 0 Å². The van der Waals surface area contributed by atoms with Gasteiger partial charge in [0.1, 0.15) is 5.75 Å². The van der Waals surface area contributed by atoms with E-state index < -0.39 is 5.54 Å². The SMILES string of the molecule is COc1ccc2c(c1)C(N=[N+]=[N-])(c1ccccc1)C(=O)N2. The average molecular weight is 280 g/mol. The highest BCUT2D eigenvalue weighted by Gasteiger charge is 2.48. The van der Waals surface area contributed by atoms with E-state index in [1.165, 1.54) is 0 Å². The fourth-order valence-corrected chi connectivity index (χ4v) is 2.58. The van der Waals surface area contributed by atoms with E-state index >= 15 is 0 Å². The molecule has 0 spiro atoms. The van der Waals surface area contributed by atoms with Gasteiger partial charge in [0.05, 0.1) is 7.11 Å². The summed E-state index contributed by atoms with van der Waals surface area (Å²) < 4.78 is 5.21. The zero-order valence-electron chi connectivity index (χ0n) is 11.3. The number of anilines is 1. The van der Waals surface area contributed by atoms with Gasteiger partial charge in [-0.25, -0.2) is 0 Å². The summed E-state index contributed by atoms with van der Waals surface area (Å²) in [6, 6.07) is 14.2. The van der Waals surface area contributed by atoms with Crippen LogP contribution in [0.4, 0.5) is 5.69 Å². The summed E-state index contributed by atoms with van der Waals surface area (Å²) in [5.41, 5.74) is 9.40. The third kappa shape index (κ3) is 1.81. The predicted molar refractivity (Wildman–Crippen MR) is 78.0 cm³/mol.